The highest BCUT2D eigenvalue weighted by Crippen LogP contribution is 2.42. The topological polar surface area (TPSA) is 56.1 Å². The van der Waals surface area contributed by atoms with Gasteiger partial charge in [0.05, 0.1) is 12.3 Å². The maximum absolute atomic E-state index is 13.7. The van der Waals surface area contributed by atoms with Gasteiger partial charge in [-0.05, 0) is 111 Å². The molecule has 1 amide bonds. The number of halogens is 1. The van der Waals surface area contributed by atoms with Gasteiger partial charge in [0.25, 0.3) is 5.91 Å². The number of carbonyl (C=O) groups is 1. The van der Waals surface area contributed by atoms with Crippen molar-refractivity contribution in [1.82, 2.24) is 9.78 Å². The van der Waals surface area contributed by atoms with Crippen LogP contribution in [-0.4, -0.2) is 22.3 Å². The summed E-state index contributed by atoms with van der Waals surface area (Å²) >= 11 is 6.33. The van der Waals surface area contributed by atoms with E-state index in [1.54, 1.807) is 0 Å². The molecule has 4 aromatic rings. The first kappa shape index (κ1) is 27.7. The minimum Gasteiger partial charge on any atom is -0.494 e. The fourth-order valence-corrected chi connectivity index (χ4v) is 5.87. The van der Waals surface area contributed by atoms with Crippen LogP contribution in [0, 0.1) is 34.6 Å². The SMILES string of the molecule is Cc1cccc(NC(=O)C2=C(CCCOc3cc(C)c(Cl)c(C)c3)c3cccc(-c4c(C)nn(C)c4C)c3C2)c1. The summed E-state index contributed by atoms with van der Waals surface area (Å²) in [5.74, 6) is 0.773. The standard InChI is InChI=1S/C34H36ClN3O2/c1-20-10-7-11-25(16-20)36-34(39)31-19-30-27(12-8-13-29(30)32-23(4)37-38(6)24(32)5)28(31)14-9-15-40-26-17-21(2)33(35)22(3)18-26/h7-8,10-13,16-18H,9,14-15,19H2,1-6H3,(H,36,39). The first-order valence-electron chi connectivity index (χ1n) is 13.8. The molecule has 0 bridgehead atoms. The zero-order chi connectivity index (χ0) is 28.6. The Morgan fingerprint density at radius 3 is 2.38 bits per heavy atom. The smallest absolute Gasteiger partial charge is 0.252 e. The Hall–Kier alpha value is -3.83. The number of aromatic nitrogens is 2. The minimum absolute atomic E-state index is 0.0488. The van der Waals surface area contributed by atoms with Crippen molar-refractivity contribution < 1.29 is 9.53 Å². The maximum Gasteiger partial charge on any atom is 0.252 e. The van der Waals surface area contributed by atoms with Gasteiger partial charge in [-0.15, -0.1) is 0 Å². The summed E-state index contributed by atoms with van der Waals surface area (Å²) in [6.07, 6.45) is 2.11. The quantitative estimate of drug-likeness (QED) is 0.224. The van der Waals surface area contributed by atoms with Crippen LogP contribution in [0.3, 0.4) is 0 Å². The van der Waals surface area contributed by atoms with Gasteiger partial charge >= 0.3 is 0 Å². The Balaban J connectivity index is 1.44. The number of benzene rings is 3. The molecule has 40 heavy (non-hydrogen) atoms. The lowest BCUT2D eigenvalue weighted by molar-refractivity contribution is -0.112. The summed E-state index contributed by atoms with van der Waals surface area (Å²) < 4.78 is 8.04. The Kier molecular flexibility index (Phi) is 7.86. The molecule has 206 valence electrons. The Morgan fingerprint density at radius 1 is 1.00 bits per heavy atom. The van der Waals surface area contributed by atoms with E-state index in [9.17, 15) is 4.79 Å². The summed E-state index contributed by atoms with van der Waals surface area (Å²) in [5, 5.41) is 8.59. The van der Waals surface area contributed by atoms with E-state index in [-0.39, 0.29) is 5.91 Å². The summed E-state index contributed by atoms with van der Waals surface area (Å²) in [7, 11) is 1.98. The van der Waals surface area contributed by atoms with E-state index < -0.39 is 0 Å². The number of ether oxygens (including phenoxy) is 1. The van der Waals surface area contributed by atoms with Gasteiger partial charge < -0.3 is 10.1 Å². The van der Waals surface area contributed by atoms with E-state index in [4.69, 9.17) is 16.3 Å². The van der Waals surface area contributed by atoms with E-state index in [0.29, 0.717) is 13.0 Å². The summed E-state index contributed by atoms with van der Waals surface area (Å²) in [4.78, 5) is 13.7. The largest absolute Gasteiger partial charge is 0.494 e. The molecule has 0 spiro atoms. The van der Waals surface area contributed by atoms with Crippen LogP contribution in [0.4, 0.5) is 5.69 Å². The van der Waals surface area contributed by atoms with Crippen molar-refractivity contribution in [1.29, 1.82) is 0 Å². The van der Waals surface area contributed by atoms with Crippen molar-refractivity contribution in [2.75, 3.05) is 11.9 Å². The number of aryl methyl sites for hydroxylation is 5. The van der Waals surface area contributed by atoms with Crippen LogP contribution in [0.5, 0.6) is 5.75 Å². The molecule has 0 aliphatic heterocycles. The lowest BCUT2D eigenvalue weighted by atomic mass is 9.93. The van der Waals surface area contributed by atoms with Crippen molar-refractivity contribution in [3.8, 4) is 16.9 Å². The first-order chi connectivity index (χ1) is 19.1. The molecule has 1 aromatic heterocycles. The number of rotatable bonds is 8. The van der Waals surface area contributed by atoms with Crippen molar-refractivity contribution in [3.05, 3.63) is 104 Å². The molecule has 0 atom stereocenters. The molecule has 5 rings (SSSR count). The van der Waals surface area contributed by atoms with Crippen LogP contribution in [-0.2, 0) is 18.3 Å². The highest BCUT2D eigenvalue weighted by atomic mass is 35.5. The zero-order valence-corrected chi connectivity index (χ0v) is 24.9. The molecule has 1 aliphatic rings. The predicted octanol–water partition coefficient (Wildman–Crippen LogP) is 8.09. The fraction of sp³-hybridized carbons (Fsp3) is 0.294. The van der Waals surface area contributed by atoms with Crippen LogP contribution in [0.25, 0.3) is 16.7 Å². The minimum atomic E-state index is -0.0488. The van der Waals surface area contributed by atoms with E-state index in [0.717, 1.165) is 85.2 Å². The van der Waals surface area contributed by atoms with Gasteiger partial charge in [-0.25, -0.2) is 0 Å². The summed E-state index contributed by atoms with van der Waals surface area (Å²) in [5.41, 5.74) is 12.6. The number of amides is 1. The van der Waals surface area contributed by atoms with E-state index in [2.05, 4.69) is 35.5 Å². The van der Waals surface area contributed by atoms with Gasteiger partial charge in [-0.1, -0.05) is 41.9 Å². The third-order valence-corrected chi connectivity index (χ3v) is 8.39. The number of anilines is 1. The molecule has 0 saturated carbocycles. The number of hydrogen-bond donors (Lipinski definition) is 1. The lowest BCUT2D eigenvalue weighted by Gasteiger charge is -2.13. The van der Waals surface area contributed by atoms with E-state index in [1.165, 1.54) is 5.56 Å². The molecule has 1 N–H and O–H groups in total. The number of nitrogens with zero attached hydrogens (tertiary/aromatic N) is 2. The number of allylic oxidation sites excluding steroid dienone is 1. The zero-order valence-electron chi connectivity index (χ0n) is 24.1. The summed E-state index contributed by atoms with van der Waals surface area (Å²) in [6, 6.07) is 18.3. The maximum atomic E-state index is 13.7. The Bertz CT molecular complexity index is 1620. The second-order valence-electron chi connectivity index (χ2n) is 10.8. The van der Waals surface area contributed by atoms with Gasteiger partial charge in [-0.2, -0.15) is 5.10 Å². The molecule has 0 radical (unpaired) electrons. The van der Waals surface area contributed by atoms with E-state index in [1.807, 2.05) is 75.8 Å². The monoisotopic (exact) mass is 553 g/mol. The van der Waals surface area contributed by atoms with Crippen molar-refractivity contribution in [3.63, 3.8) is 0 Å². The average molecular weight is 554 g/mol. The number of nitrogens with one attached hydrogen (secondary N) is 1. The number of carbonyl (C=O) groups excluding carboxylic acids is 1. The Morgan fingerprint density at radius 2 is 1.70 bits per heavy atom. The van der Waals surface area contributed by atoms with Gasteiger partial charge in [0, 0.05) is 41.0 Å². The van der Waals surface area contributed by atoms with Gasteiger partial charge in [0.15, 0.2) is 0 Å². The summed E-state index contributed by atoms with van der Waals surface area (Å²) in [6.45, 7) is 10.7. The predicted molar refractivity (Wildman–Crippen MR) is 164 cm³/mol. The second-order valence-corrected chi connectivity index (χ2v) is 11.2. The number of fused-ring (bicyclic) bond motifs is 1. The number of hydrogen-bond acceptors (Lipinski definition) is 3. The normalized spacial score (nSPS) is 12.6. The average Bonchev–Trinajstić information content (AvgIpc) is 3.41. The highest BCUT2D eigenvalue weighted by Gasteiger charge is 2.29. The van der Waals surface area contributed by atoms with E-state index >= 15 is 0 Å². The van der Waals surface area contributed by atoms with Gasteiger partial charge in [0.1, 0.15) is 5.75 Å². The third kappa shape index (κ3) is 5.44. The lowest BCUT2D eigenvalue weighted by Crippen LogP contribution is -2.15. The molecular weight excluding hydrogens is 518 g/mol. The Labute approximate surface area is 241 Å². The molecule has 3 aromatic carbocycles. The van der Waals surface area contributed by atoms with Crippen LogP contribution < -0.4 is 10.1 Å². The van der Waals surface area contributed by atoms with Crippen LogP contribution in [0.15, 0.2) is 60.2 Å². The fourth-order valence-electron chi connectivity index (χ4n) is 5.76. The molecule has 1 heterocycles. The molecule has 1 aliphatic carbocycles. The highest BCUT2D eigenvalue weighted by molar-refractivity contribution is 6.32. The molecular formula is C34H36ClN3O2. The van der Waals surface area contributed by atoms with Crippen molar-refractivity contribution in [2.45, 2.75) is 53.9 Å². The molecule has 0 saturated heterocycles. The van der Waals surface area contributed by atoms with Crippen molar-refractivity contribution >= 4 is 28.8 Å². The van der Waals surface area contributed by atoms with Crippen molar-refractivity contribution in [2.24, 2.45) is 7.05 Å². The van der Waals surface area contributed by atoms with Crippen LogP contribution in [0.1, 0.15) is 52.0 Å². The second kappa shape index (κ2) is 11.3. The van der Waals surface area contributed by atoms with Gasteiger partial charge in [0.2, 0.25) is 0 Å². The molecule has 5 nitrogen and oxygen atoms in total. The van der Waals surface area contributed by atoms with Crippen LogP contribution >= 0.6 is 11.6 Å². The van der Waals surface area contributed by atoms with Crippen LogP contribution in [0.2, 0.25) is 5.02 Å². The molecule has 6 heteroatoms. The third-order valence-electron chi connectivity index (χ3n) is 7.80. The molecule has 0 unspecified atom stereocenters. The molecule has 0 fully saturated rings. The first-order valence-corrected chi connectivity index (χ1v) is 14.1. The van der Waals surface area contributed by atoms with Gasteiger partial charge in [-0.3, -0.25) is 9.48 Å².